The molecule has 0 fully saturated rings. The highest BCUT2D eigenvalue weighted by atomic mass is 35.5. The van der Waals surface area contributed by atoms with Crippen molar-refractivity contribution in [3.05, 3.63) is 86.8 Å². The van der Waals surface area contributed by atoms with E-state index in [1.165, 1.54) is 12.1 Å². The lowest BCUT2D eigenvalue weighted by molar-refractivity contribution is -0.137. The van der Waals surface area contributed by atoms with Crippen LogP contribution in [0.4, 0.5) is 19.0 Å². The summed E-state index contributed by atoms with van der Waals surface area (Å²) in [5.74, 6) is 0.0666. The molecule has 1 heterocycles. The highest BCUT2D eigenvalue weighted by Gasteiger charge is 2.30. The topological polar surface area (TPSA) is 110 Å². The zero-order chi connectivity index (χ0) is 21.7. The smallest absolute Gasteiger partial charge is 0.362 e. The van der Waals surface area contributed by atoms with Gasteiger partial charge in [-0.05, 0) is 17.7 Å². The van der Waals surface area contributed by atoms with Crippen LogP contribution in [0.15, 0.2) is 59.7 Å². The molecule has 0 aliphatic rings. The summed E-state index contributed by atoms with van der Waals surface area (Å²) in [5, 5.41) is 22.8. The van der Waals surface area contributed by atoms with Crippen LogP contribution in [0.25, 0.3) is 21.7 Å². The van der Waals surface area contributed by atoms with E-state index in [0.717, 1.165) is 12.1 Å². The lowest BCUT2D eigenvalue weighted by Crippen LogP contribution is -2.13. The van der Waals surface area contributed by atoms with Crippen molar-refractivity contribution in [2.75, 3.05) is 12.0 Å². The van der Waals surface area contributed by atoms with E-state index in [2.05, 4.69) is 25.5 Å². The molecule has 0 saturated carbocycles. The summed E-state index contributed by atoms with van der Waals surface area (Å²) in [6.45, 7) is -0.181. The van der Waals surface area contributed by atoms with Gasteiger partial charge in [0.15, 0.2) is 5.82 Å². The van der Waals surface area contributed by atoms with Gasteiger partial charge in [0.2, 0.25) is 0 Å². The highest BCUT2D eigenvalue weighted by molar-refractivity contribution is 6.38. The quantitative estimate of drug-likeness (QED) is 0.219. The van der Waals surface area contributed by atoms with E-state index >= 15 is 0 Å². The second kappa shape index (κ2) is 8.81. The molecule has 0 radical (unpaired) electrons. The Kier molecular flexibility index (Phi) is 6.20. The van der Waals surface area contributed by atoms with Gasteiger partial charge in [0.25, 0.3) is 0 Å². The van der Waals surface area contributed by atoms with Crippen molar-refractivity contribution >= 4 is 23.1 Å². The second-order valence-corrected chi connectivity index (χ2v) is 6.35. The highest BCUT2D eigenvalue weighted by Crippen LogP contribution is 2.34. The van der Waals surface area contributed by atoms with Crippen LogP contribution in [0.1, 0.15) is 16.7 Å². The summed E-state index contributed by atoms with van der Waals surface area (Å²) in [5.41, 5.74) is 8.75. The molecule has 2 aromatic carbocycles. The molecule has 11 heteroatoms. The first kappa shape index (κ1) is 21.1. The van der Waals surface area contributed by atoms with E-state index in [1.54, 1.807) is 24.3 Å². The van der Waals surface area contributed by atoms with Crippen LogP contribution in [-0.2, 0) is 6.18 Å². The van der Waals surface area contributed by atoms with Gasteiger partial charge in [0.05, 0.1) is 28.5 Å². The number of benzene rings is 2. The zero-order valence-corrected chi connectivity index (χ0v) is 15.9. The molecule has 7 nitrogen and oxygen atoms in total. The predicted octanol–water partition coefficient (Wildman–Crippen LogP) is 5.91. The maximum absolute atomic E-state index is 12.8. The lowest BCUT2D eigenvalue weighted by atomic mass is 10.00. The Morgan fingerprint density at radius 1 is 1.10 bits per heavy atom. The Labute approximate surface area is 173 Å². The number of aromatic nitrogens is 2. The summed E-state index contributed by atoms with van der Waals surface area (Å²) in [7, 11) is 0. The monoisotopic (exact) mass is 431 g/mol. The standard InChI is InChI=1S/C19H13ClF3N7/c20-15-14(16(24)11-6-8-13(9-7-11)19(21,22)23)18(26-10-27-30-25)29-28-17(15)12-4-2-1-3-5-12/h1-9,24H,10H2,(H,26,29). The van der Waals surface area contributed by atoms with E-state index in [-0.39, 0.29) is 34.3 Å². The van der Waals surface area contributed by atoms with Gasteiger partial charge in [-0.3, -0.25) is 5.41 Å². The number of rotatable bonds is 6. The van der Waals surface area contributed by atoms with Crippen LogP contribution in [0.5, 0.6) is 0 Å². The Morgan fingerprint density at radius 2 is 1.77 bits per heavy atom. The van der Waals surface area contributed by atoms with Gasteiger partial charge in [-0.2, -0.15) is 13.2 Å². The van der Waals surface area contributed by atoms with Crippen molar-refractivity contribution in [3.63, 3.8) is 0 Å². The van der Waals surface area contributed by atoms with Gasteiger partial charge in [0.1, 0.15) is 5.69 Å². The minimum absolute atomic E-state index is 0.0666. The second-order valence-electron chi connectivity index (χ2n) is 5.97. The summed E-state index contributed by atoms with van der Waals surface area (Å²) in [6, 6.07) is 13.0. The first-order chi connectivity index (χ1) is 14.3. The van der Waals surface area contributed by atoms with Gasteiger partial charge in [-0.1, -0.05) is 59.2 Å². The molecule has 0 bridgehead atoms. The average Bonchev–Trinajstić information content (AvgIpc) is 2.74. The van der Waals surface area contributed by atoms with Crippen molar-refractivity contribution in [1.29, 1.82) is 5.41 Å². The van der Waals surface area contributed by atoms with E-state index in [9.17, 15) is 13.2 Å². The summed E-state index contributed by atoms with van der Waals surface area (Å²) < 4.78 is 38.5. The van der Waals surface area contributed by atoms with Gasteiger partial charge in [-0.25, -0.2) is 0 Å². The van der Waals surface area contributed by atoms with Gasteiger partial charge in [0, 0.05) is 16.0 Å². The number of azide groups is 1. The predicted molar refractivity (Wildman–Crippen MR) is 107 cm³/mol. The van der Waals surface area contributed by atoms with Gasteiger partial charge in [-0.15, -0.1) is 10.2 Å². The molecular weight excluding hydrogens is 419 g/mol. The fourth-order valence-corrected chi connectivity index (χ4v) is 2.99. The number of hydrogen-bond donors (Lipinski definition) is 2. The Balaban J connectivity index is 2.09. The molecule has 1 aromatic heterocycles. The fraction of sp³-hybridized carbons (Fsp3) is 0.105. The average molecular weight is 432 g/mol. The molecule has 3 aromatic rings. The molecule has 3 rings (SSSR count). The van der Waals surface area contributed by atoms with Crippen LogP contribution >= 0.6 is 11.6 Å². The van der Waals surface area contributed by atoms with Crippen LogP contribution in [0, 0.1) is 5.41 Å². The number of hydrogen-bond acceptors (Lipinski definition) is 5. The number of anilines is 1. The molecule has 30 heavy (non-hydrogen) atoms. The Morgan fingerprint density at radius 3 is 2.37 bits per heavy atom. The van der Waals surface area contributed by atoms with Crippen molar-refractivity contribution in [3.8, 4) is 11.3 Å². The number of nitrogens with zero attached hydrogens (tertiary/aromatic N) is 5. The van der Waals surface area contributed by atoms with Crippen molar-refractivity contribution in [1.82, 2.24) is 10.2 Å². The third-order valence-corrected chi connectivity index (χ3v) is 4.46. The van der Waals surface area contributed by atoms with E-state index in [1.807, 2.05) is 6.07 Å². The van der Waals surface area contributed by atoms with Crippen LogP contribution in [0.3, 0.4) is 0 Å². The normalized spacial score (nSPS) is 10.9. The van der Waals surface area contributed by atoms with E-state index in [0.29, 0.717) is 11.3 Å². The first-order valence-electron chi connectivity index (χ1n) is 8.45. The van der Waals surface area contributed by atoms with Crippen LogP contribution in [0.2, 0.25) is 5.02 Å². The minimum Gasteiger partial charge on any atom is -0.362 e. The third kappa shape index (κ3) is 4.51. The lowest BCUT2D eigenvalue weighted by Gasteiger charge is -2.15. The first-order valence-corrected chi connectivity index (χ1v) is 8.83. The van der Waals surface area contributed by atoms with Crippen LogP contribution in [-0.4, -0.2) is 22.6 Å². The minimum atomic E-state index is -4.49. The van der Waals surface area contributed by atoms with Crippen molar-refractivity contribution in [2.24, 2.45) is 5.11 Å². The molecule has 0 aliphatic heterocycles. The van der Waals surface area contributed by atoms with E-state index in [4.69, 9.17) is 22.5 Å². The molecule has 0 unspecified atom stereocenters. The summed E-state index contributed by atoms with van der Waals surface area (Å²) >= 11 is 6.54. The van der Waals surface area contributed by atoms with Crippen LogP contribution < -0.4 is 5.32 Å². The maximum Gasteiger partial charge on any atom is 0.416 e. The van der Waals surface area contributed by atoms with Crippen molar-refractivity contribution in [2.45, 2.75) is 6.18 Å². The molecule has 0 aliphatic carbocycles. The SMILES string of the molecule is [N-]=[N+]=NCNc1nnc(-c2ccccc2)c(Cl)c1C(=N)c1ccc(C(F)(F)F)cc1. The number of nitrogens with one attached hydrogen (secondary N) is 2. The fourth-order valence-electron chi connectivity index (χ4n) is 2.66. The molecule has 152 valence electrons. The molecule has 0 amide bonds. The zero-order valence-electron chi connectivity index (χ0n) is 15.2. The molecule has 2 N–H and O–H groups in total. The Bertz CT molecular complexity index is 1110. The third-order valence-electron chi connectivity index (χ3n) is 4.09. The molecule has 0 atom stereocenters. The molecule has 0 saturated heterocycles. The van der Waals surface area contributed by atoms with Crippen molar-refractivity contribution < 1.29 is 13.2 Å². The van der Waals surface area contributed by atoms with Gasteiger partial charge >= 0.3 is 6.18 Å². The van der Waals surface area contributed by atoms with Gasteiger partial charge < -0.3 is 5.32 Å². The summed E-state index contributed by atoms with van der Waals surface area (Å²) in [6.07, 6.45) is -4.49. The largest absolute Gasteiger partial charge is 0.416 e. The number of alkyl halides is 3. The molecule has 0 spiro atoms. The van der Waals surface area contributed by atoms with E-state index < -0.39 is 11.7 Å². The Hall–Kier alpha value is -3.62. The summed E-state index contributed by atoms with van der Waals surface area (Å²) in [4.78, 5) is 2.62. The maximum atomic E-state index is 12.8. The number of halogens is 4. The molecular formula is C19H13ClF3N7.